The average molecular weight is 297 g/mol. The van der Waals surface area contributed by atoms with E-state index in [4.69, 9.17) is 10.8 Å². The van der Waals surface area contributed by atoms with Crippen molar-refractivity contribution in [2.24, 2.45) is 5.73 Å². The molecule has 21 heavy (non-hydrogen) atoms. The molecule has 0 saturated carbocycles. The number of carbonyl (C=O) groups excluding carboxylic acids is 2. The van der Waals surface area contributed by atoms with Crippen LogP contribution in [0, 0.1) is 0 Å². The number of nitrogens with zero attached hydrogens (tertiary/aromatic N) is 3. The van der Waals surface area contributed by atoms with Crippen LogP contribution >= 0.6 is 0 Å². The molecular formula is C12H19N5O4. The molecule has 1 rings (SSSR count). The third kappa shape index (κ3) is 5.61. The third-order valence-corrected chi connectivity index (χ3v) is 2.53. The molecule has 0 aliphatic carbocycles. The molecule has 0 aliphatic rings. The van der Waals surface area contributed by atoms with Crippen LogP contribution in [-0.4, -0.2) is 57.2 Å². The first kappa shape index (κ1) is 16.6. The second-order valence-electron chi connectivity index (χ2n) is 4.81. The molecule has 1 heterocycles. The van der Waals surface area contributed by atoms with Gasteiger partial charge in [0.05, 0.1) is 25.8 Å². The molecule has 4 N–H and O–H groups in total. The highest BCUT2D eigenvalue weighted by Gasteiger charge is 2.17. The number of carboxylic acid groups (broad SMARTS) is 1. The molecule has 0 aliphatic heterocycles. The van der Waals surface area contributed by atoms with Crippen LogP contribution in [0.5, 0.6) is 0 Å². The molecule has 116 valence electrons. The quantitative estimate of drug-likeness (QED) is 0.580. The second kappa shape index (κ2) is 7.39. The van der Waals surface area contributed by atoms with Gasteiger partial charge in [0.15, 0.2) is 0 Å². The molecule has 1 aromatic heterocycles. The van der Waals surface area contributed by atoms with Crippen molar-refractivity contribution < 1.29 is 19.5 Å². The van der Waals surface area contributed by atoms with E-state index in [1.165, 1.54) is 0 Å². The van der Waals surface area contributed by atoms with E-state index in [0.717, 1.165) is 4.90 Å². The Morgan fingerprint density at radius 2 is 2.05 bits per heavy atom. The van der Waals surface area contributed by atoms with Gasteiger partial charge in [0.1, 0.15) is 5.82 Å². The fraction of sp³-hybridized carbons (Fsp3) is 0.500. The van der Waals surface area contributed by atoms with Crippen LogP contribution < -0.4 is 11.1 Å². The van der Waals surface area contributed by atoms with Gasteiger partial charge in [-0.05, 0) is 13.8 Å². The molecule has 0 saturated heterocycles. The highest BCUT2D eigenvalue weighted by molar-refractivity contribution is 5.92. The smallest absolute Gasteiger partial charge is 0.317 e. The van der Waals surface area contributed by atoms with E-state index in [1.807, 2.05) is 13.8 Å². The number of rotatable bonds is 8. The number of aromatic nitrogens is 2. The molecular weight excluding hydrogens is 278 g/mol. The molecule has 0 atom stereocenters. The Hall–Kier alpha value is -2.42. The van der Waals surface area contributed by atoms with E-state index in [1.54, 1.807) is 16.9 Å². The van der Waals surface area contributed by atoms with Gasteiger partial charge >= 0.3 is 5.97 Å². The molecule has 0 fully saturated rings. The van der Waals surface area contributed by atoms with E-state index in [0.29, 0.717) is 5.82 Å². The standard InChI is InChI=1S/C12H19N5O4/c1-8(2)17-10(3-4-14-17)15-11(19)6-16(5-9(13)18)7-12(20)21/h3-4,8H,5-7H2,1-2H3,(H2,13,18)(H,15,19)(H,20,21). The zero-order valence-corrected chi connectivity index (χ0v) is 11.9. The summed E-state index contributed by atoms with van der Waals surface area (Å²) in [5.74, 6) is -1.78. The monoisotopic (exact) mass is 297 g/mol. The lowest BCUT2D eigenvalue weighted by atomic mass is 10.4. The van der Waals surface area contributed by atoms with Crippen molar-refractivity contribution in [1.29, 1.82) is 0 Å². The van der Waals surface area contributed by atoms with Crippen molar-refractivity contribution in [3.05, 3.63) is 12.3 Å². The Balaban J connectivity index is 2.66. The van der Waals surface area contributed by atoms with Crippen LogP contribution in [0.4, 0.5) is 5.82 Å². The minimum Gasteiger partial charge on any atom is -0.480 e. The topological polar surface area (TPSA) is 131 Å². The molecule has 9 nitrogen and oxygen atoms in total. The number of primary amides is 1. The lowest BCUT2D eigenvalue weighted by Gasteiger charge is -2.18. The fourth-order valence-corrected chi connectivity index (χ4v) is 1.79. The normalized spacial score (nSPS) is 10.9. The van der Waals surface area contributed by atoms with Crippen LogP contribution in [0.2, 0.25) is 0 Å². The predicted octanol–water partition coefficient (Wildman–Crippen LogP) is -0.726. The number of amides is 2. The summed E-state index contributed by atoms with van der Waals surface area (Å²) in [6, 6.07) is 1.70. The van der Waals surface area contributed by atoms with Crippen LogP contribution in [0.1, 0.15) is 19.9 Å². The van der Waals surface area contributed by atoms with Gasteiger partial charge in [0, 0.05) is 12.1 Å². The Bertz CT molecular complexity index is 509. The highest BCUT2D eigenvalue weighted by Crippen LogP contribution is 2.12. The van der Waals surface area contributed by atoms with Crippen molar-refractivity contribution in [3.8, 4) is 0 Å². The number of hydrogen-bond donors (Lipinski definition) is 3. The number of nitrogens with one attached hydrogen (secondary N) is 1. The van der Waals surface area contributed by atoms with Gasteiger partial charge in [-0.25, -0.2) is 4.68 Å². The van der Waals surface area contributed by atoms with E-state index >= 15 is 0 Å². The maximum atomic E-state index is 11.9. The maximum Gasteiger partial charge on any atom is 0.317 e. The molecule has 0 bridgehead atoms. The van der Waals surface area contributed by atoms with Crippen LogP contribution in [0.15, 0.2) is 12.3 Å². The van der Waals surface area contributed by atoms with Crippen molar-refractivity contribution >= 4 is 23.6 Å². The summed E-state index contributed by atoms with van der Waals surface area (Å²) in [6.45, 7) is 2.82. The van der Waals surface area contributed by atoms with Crippen molar-refractivity contribution in [3.63, 3.8) is 0 Å². The van der Waals surface area contributed by atoms with Crippen LogP contribution in [0.3, 0.4) is 0 Å². The number of carbonyl (C=O) groups is 3. The average Bonchev–Trinajstić information content (AvgIpc) is 2.74. The van der Waals surface area contributed by atoms with Crippen molar-refractivity contribution in [2.45, 2.75) is 19.9 Å². The minimum absolute atomic E-state index is 0.0658. The van der Waals surface area contributed by atoms with E-state index in [9.17, 15) is 14.4 Å². The Kier molecular flexibility index (Phi) is 5.85. The summed E-state index contributed by atoms with van der Waals surface area (Å²) in [6.07, 6.45) is 1.55. The Morgan fingerprint density at radius 1 is 1.38 bits per heavy atom. The minimum atomic E-state index is -1.14. The van der Waals surface area contributed by atoms with Gasteiger partial charge in [-0.15, -0.1) is 0 Å². The summed E-state index contributed by atoms with van der Waals surface area (Å²) < 4.78 is 1.62. The molecule has 0 spiro atoms. The van der Waals surface area contributed by atoms with Gasteiger partial charge in [0.2, 0.25) is 11.8 Å². The maximum absolute atomic E-state index is 11.9. The summed E-state index contributed by atoms with van der Waals surface area (Å²) in [4.78, 5) is 34.6. The summed E-state index contributed by atoms with van der Waals surface area (Å²) >= 11 is 0. The molecule has 0 unspecified atom stereocenters. The van der Waals surface area contributed by atoms with Crippen LogP contribution in [-0.2, 0) is 14.4 Å². The van der Waals surface area contributed by atoms with E-state index < -0.39 is 24.3 Å². The number of carboxylic acids is 1. The van der Waals surface area contributed by atoms with Gasteiger partial charge in [-0.3, -0.25) is 19.3 Å². The Morgan fingerprint density at radius 3 is 2.57 bits per heavy atom. The SMILES string of the molecule is CC(C)n1nccc1NC(=O)CN(CC(N)=O)CC(=O)O. The summed E-state index contributed by atoms with van der Waals surface area (Å²) in [5.41, 5.74) is 5.03. The lowest BCUT2D eigenvalue weighted by molar-refractivity contribution is -0.138. The first-order valence-corrected chi connectivity index (χ1v) is 6.35. The fourth-order valence-electron chi connectivity index (χ4n) is 1.79. The second-order valence-corrected chi connectivity index (χ2v) is 4.81. The van der Waals surface area contributed by atoms with Gasteiger partial charge in [-0.2, -0.15) is 5.10 Å². The number of aliphatic carboxylic acids is 1. The first-order chi connectivity index (χ1) is 9.79. The number of hydrogen-bond acceptors (Lipinski definition) is 5. The largest absolute Gasteiger partial charge is 0.480 e. The van der Waals surface area contributed by atoms with Crippen molar-refractivity contribution in [2.75, 3.05) is 25.0 Å². The van der Waals surface area contributed by atoms with Crippen LogP contribution in [0.25, 0.3) is 0 Å². The Labute approximate surface area is 121 Å². The van der Waals surface area contributed by atoms with E-state index in [-0.39, 0.29) is 19.1 Å². The third-order valence-electron chi connectivity index (χ3n) is 2.53. The molecule has 0 aromatic carbocycles. The molecule has 2 amide bonds. The first-order valence-electron chi connectivity index (χ1n) is 6.35. The predicted molar refractivity (Wildman–Crippen MR) is 74.5 cm³/mol. The van der Waals surface area contributed by atoms with Gasteiger partial charge in [0.25, 0.3) is 0 Å². The highest BCUT2D eigenvalue weighted by atomic mass is 16.4. The zero-order valence-electron chi connectivity index (χ0n) is 11.9. The molecule has 1 aromatic rings. The number of nitrogens with two attached hydrogens (primary N) is 1. The summed E-state index contributed by atoms with van der Waals surface area (Å²) in [7, 11) is 0. The van der Waals surface area contributed by atoms with Gasteiger partial charge in [-0.1, -0.05) is 0 Å². The summed E-state index contributed by atoms with van der Waals surface area (Å²) in [5, 5.41) is 15.4. The van der Waals surface area contributed by atoms with E-state index in [2.05, 4.69) is 10.4 Å². The zero-order chi connectivity index (χ0) is 16.0. The number of anilines is 1. The lowest BCUT2D eigenvalue weighted by Crippen LogP contribution is -2.42. The molecule has 0 radical (unpaired) electrons. The van der Waals surface area contributed by atoms with Gasteiger partial charge < -0.3 is 16.2 Å². The molecule has 9 heteroatoms. The van der Waals surface area contributed by atoms with Crippen molar-refractivity contribution in [1.82, 2.24) is 14.7 Å².